The van der Waals surface area contributed by atoms with E-state index in [9.17, 15) is 0 Å². The van der Waals surface area contributed by atoms with E-state index < -0.39 is 0 Å². The summed E-state index contributed by atoms with van der Waals surface area (Å²) in [5.74, 6) is 0. The number of nitrogens with zero attached hydrogens (tertiary/aromatic N) is 2. The average Bonchev–Trinajstić information content (AvgIpc) is 3.06. The first kappa shape index (κ1) is 23.6. The molecule has 2 aliphatic rings. The second-order valence-electron chi connectivity index (χ2n) is 9.76. The molecule has 0 spiro atoms. The van der Waals surface area contributed by atoms with Gasteiger partial charge in [-0.05, 0) is 55.8 Å². The Morgan fingerprint density at radius 2 is 1.39 bits per heavy atom. The summed E-state index contributed by atoms with van der Waals surface area (Å²) in [6.07, 6.45) is 14.8. The van der Waals surface area contributed by atoms with Gasteiger partial charge in [0.15, 0.2) is 5.71 Å². The summed E-state index contributed by atoms with van der Waals surface area (Å²) in [6.45, 7) is 8.97. The molecule has 0 fully saturated rings. The van der Waals surface area contributed by atoms with Crippen LogP contribution in [0, 0.1) is 0 Å². The van der Waals surface area contributed by atoms with E-state index in [2.05, 4.69) is 118 Å². The quantitative estimate of drug-likeness (QED) is 0.319. The van der Waals surface area contributed by atoms with Gasteiger partial charge in [-0.3, -0.25) is 0 Å². The van der Waals surface area contributed by atoms with Crippen LogP contribution < -0.4 is 4.90 Å². The van der Waals surface area contributed by atoms with E-state index >= 15 is 0 Å². The highest BCUT2D eigenvalue weighted by Crippen LogP contribution is 2.47. The predicted molar refractivity (Wildman–Crippen MR) is 144 cm³/mol. The van der Waals surface area contributed by atoms with Gasteiger partial charge in [0.05, 0.1) is 5.41 Å². The molecule has 0 unspecified atom stereocenters. The molecule has 2 heterocycles. The molecule has 0 N–H and O–H groups in total. The molecule has 0 saturated heterocycles. The Kier molecular flexibility index (Phi) is 6.20. The van der Waals surface area contributed by atoms with Crippen molar-refractivity contribution >= 4 is 40.3 Å². The average molecular weight is 478 g/mol. The SMILES string of the molecule is CN1C(=CC=CC=CC=CC2=[N+](C)c3ccc(Cl)cc3C2(C)C)C(C)(C)c2cc(Cl)ccc21. The van der Waals surface area contributed by atoms with E-state index in [4.69, 9.17) is 23.2 Å². The fraction of sp³-hybridized carbons (Fsp3) is 0.276. The van der Waals surface area contributed by atoms with Crippen LogP contribution in [0.5, 0.6) is 0 Å². The standard InChI is InChI=1S/C29H31Cl2N2/c1-28(2)22-18-20(30)14-16-24(22)32(5)26(28)12-10-8-7-9-11-13-27-29(3,4)23-19-21(31)15-17-25(23)33(27)6/h7-19H,1-6H3/q+1. The summed E-state index contributed by atoms with van der Waals surface area (Å²) < 4.78 is 2.25. The van der Waals surface area contributed by atoms with E-state index in [1.54, 1.807) is 0 Å². The van der Waals surface area contributed by atoms with Crippen molar-refractivity contribution in [3.8, 4) is 0 Å². The number of rotatable bonds is 4. The minimum absolute atomic E-state index is 0.0872. The number of fused-ring (bicyclic) bond motifs is 2. The number of hydrogen-bond acceptors (Lipinski definition) is 1. The molecule has 0 bridgehead atoms. The summed E-state index contributed by atoms with van der Waals surface area (Å²) in [6, 6.07) is 12.3. The second kappa shape index (κ2) is 8.66. The fourth-order valence-electron chi connectivity index (χ4n) is 5.10. The van der Waals surface area contributed by atoms with Gasteiger partial charge in [-0.1, -0.05) is 67.4 Å². The normalized spacial score (nSPS) is 20.1. The molecule has 4 rings (SSSR count). The zero-order chi connectivity index (χ0) is 24.0. The lowest BCUT2D eigenvalue weighted by atomic mass is 9.81. The third-order valence-electron chi connectivity index (χ3n) is 6.94. The zero-order valence-electron chi connectivity index (χ0n) is 20.2. The second-order valence-corrected chi connectivity index (χ2v) is 10.6. The molecule has 0 amide bonds. The highest BCUT2D eigenvalue weighted by Gasteiger charge is 2.43. The number of likely N-dealkylation sites (N-methyl/N-ethyl adjacent to an activating group) is 1. The lowest BCUT2D eigenvalue weighted by Gasteiger charge is -2.23. The molecule has 33 heavy (non-hydrogen) atoms. The number of anilines is 1. The molecule has 2 aromatic rings. The van der Waals surface area contributed by atoms with Crippen LogP contribution in [0.4, 0.5) is 11.4 Å². The van der Waals surface area contributed by atoms with Gasteiger partial charge in [0.1, 0.15) is 7.05 Å². The van der Waals surface area contributed by atoms with E-state index in [-0.39, 0.29) is 10.8 Å². The van der Waals surface area contributed by atoms with Crippen LogP contribution in [0.3, 0.4) is 0 Å². The molecule has 0 aliphatic carbocycles. The van der Waals surface area contributed by atoms with Gasteiger partial charge in [0.2, 0.25) is 5.69 Å². The highest BCUT2D eigenvalue weighted by atomic mass is 35.5. The third-order valence-corrected chi connectivity index (χ3v) is 7.41. The van der Waals surface area contributed by atoms with Crippen LogP contribution in [-0.2, 0) is 10.8 Å². The first-order valence-electron chi connectivity index (χ1n) is 11.2. The molecular weight excluding hydrogens is 447 g/mol. The maximum atomic E-state index is 6.25. The molecular formula is C29H31Cl2N2+. The van der Waals surface area contributed by atoms with Crippen molar-refractivity contribution in [1.82, 2.24) is 0 Å². The number of halogens is 2. The van der Waals surface area contributed by atoms with Gasteiger partial charge in [0.25, 0.3) is 0 Å². The van der Waals surface area contributed by atoms with E-state index in [1.807, 2.05) is 12.1 Å². The van der Waals surface area contributed by atoms with Crippen molar-refractivity contribution in [2.75, 3.05) is 19.0 Å². The first-order valence-corrected chi connectivity index (χ1v) is 12.0. The van der Waals surface area contributed by atoms with Crippen LogP contribution in [0.25, 0.3) is 0 Å². The third kappa shape index (κ3) is 4.11. The van der Waals surface area contributed by atoms with Gasteiger partial charge in [0, 0.05) is 51.6 Å². The molecule has 0 atom stereocenters. The Morgan fingerprint density at radius 1 is 0.788 bits per heavy atom. The van der Waals surface area contributed by atoms with Gasteiger partial charge >= 0.3 is 0 Å². The Labute approximate surface area is 207 Å². The Morgan fingerprint density at radius 3 is 2.12 bits per heavy atom. The number of hydrogen-bond donors (Lipinski definition) is 0. The lowest BCUT2D eigenvalue weighted by Crippen LogP contribution is -2.26. The molecule has 170 valence electrons. The van der Waals surface area contributed by atoms with Crippen molar-refractivity contribution in [2.45, 2.75) is 38.5 Å². The van der Waals surface area contributed by atoms with E-state index in [1.165, 1.54) is 33.9 Å². The summed E-state index contributed by atoms with van der Waals surface area (Å²) in [4.78, 5) is 2.25. The zero-order valence-corrected chi connectivity index (χ0v) is 21.7. The molecule has 4 heteroatoms. The molecule has 0 radical (unpaired) electrons. The molecule has 2 aliphatic heterocycles. The van der Waals surface area contributed by atoms with Gasteiger partial charge in [-0.15, -0.1) is 0 Å². The molecule has 0 saturated carbocycles. The Balaban J connectivity index is 1.47. The van der Waals surface area contributed by atoms with Crippen molar-refractivity contribution in [1.29, 1.82) is 0 Å². The van der Waals surface area contributed by atoms with Crippen molar-refractivity contribution in [2.24, 2.45) is 0 Å². The van der Waals surface area contributed by atoms with Gasteiger partial charge in [-0.2, -0.15) is 4.58 Å². The van der Waals surface area contributed by atoms with E-state index in [0.717, 1.165) is 10.0 Å². The summed E-state index contributed by atoms with van der Waals surface area (Å²) in [7, 11) is 4.23. The fourth-order valence-corrected chi connectivity index (χ4v) is 5.45. The van der Waals surface area contributed by atoms with E-state index in [0.29, 0.717) is 0 Å². The maximum Gasteiger partial charge on any atom is 0.209 e. The molecule has 2 aromatic carbocycles. The van der Waals surface area contributed by atoms with Crippen LogP contribution in [0.1, 0.15) is 38.8 Å². The van der Waals surface area contributed by atoms with Crippen molar-refractivity contribution < 1.29 is 4.58 Å². The number of benzene rings is 2. The van der Waals surface area contributed by atoms with Crippen LogP contribution in [0.15, 0.2) is 84.6 Å². The molecule has 0 aromatic heterocycles. The largest absolute Gasteiger partial charge is 0.347 e. The van der Waals surface area contributed by atoms with Crippen molar-refractivity contribution in [3.63, 3.8) is 0 Å². The Hall–Kier alpha value is -2.55. The minimum Gasteiger partial charge on any atom is -0.347 e. The number of allylic oxidation sites excluding steroid dienone is 8. The topological polar surface area (TPSA) is 6.25 Å². The summed E-state index contributed by atoms with van der Waals surface area (Å²) >= 11 is 12.5. The van der Waals surface area contributed by atoms with Crippen LogP contribution in [0.2, 0.25) is 10.0 Å². The summed E-state index contributed by atoms with van der Waals surface area (Å²) in [5, 5.41) is 1.56. The van der Waals surface area contributed by atoms with Gasteiger partial charge < -0.3 is 4.90 Å². The Bertz CT molecular complexity index is 1260. The minimum atomic E-state index is -0.0872. The predicted octanol–water partition coefficient (Wildman–Crippen LogP) is 7.98. The van der Waals surface area contributed by atoms with Crippen molar-refractivity contribution in [3.05, 3.63) is 106 Å². The molecule has 2 nitrogen and oxygen atoms in total. The summed E-state index contributed by atoms with van der Waals surface area (Å²) in [5.41, 5.74) is 7.28. The van der Waals surface area contributed by atoms with Gasteiger partial charge in [-0.25, -0.2) is 0 Å². The van der Waals surface area contributed by atoms with Crippen LogP contribution >= 0.6 is 23.2 Å². The smallest absolute Gasteiger partial charge is 0.209 e. The highest BCUT2D eigenvalue weighted by molar-refractivity contribution is 6.31. The monoisotopic (exact) mass is 477 g/mol. The first-order chi connectivity index (χ1) is 15.5. The lowest BCUT2D eigenvalue weighted by molar-refractivity contribution is -0.401. The van der Waals surface area contributed by atoms with Crippen LogP contribution in [-0.4, -0.2) is 24.4 Å². The maximum absolute atomic E-state index is 6.25.